The fraction of sp³-hybridized carbons (Fsp3) is 0.226. The third kappa shape index (κ3) is 7.32. The zero-order chi connectivity index (χ0) is 32.3. The molecule has 14 heteroatoms. The van der Waals surface area contributed by atoms with Crippen LogP contribution in [0.3, 0.4) is 0 Å². The summed E-state index contributed by atoms with van der Waals surface area (Å²) in [5.41, 5.74) is 4.16. The predicted molar refractivity (Wildman–Crippen MR) is 163 cm³/mol. The number of thioether (sulfide) groups is 1. The number of aryl methyl sites for hydroxylation is 1. The highest BCUT2D eigenvalue weighted by Crippen LogP contribution is 2.34. The highest BCUT2D eigenvalue weighted by atomic mass is 32.2. The molecular weight excluding hydrogens is 607 g/mol. The van der Waals surface area contributed by atoms with E-state index >= 15 is 0 Å². The number of nitriles is 1. The van der Waals surface area contributed by atoms with Crippen LogP contribution in [0.2, 0.25) is 0 Å². The molecule has 0 saturated carbocycles. The van der Waals surface area contributed by atoms with Gasteiger partial charge in [-0.15, -0.1) is 18.3 Å². The number of alkyl halides is 3. The number of aromatic nitrogens is 3. The van der Waals surface area contributed by atoms with Gasteiger partial charge < -0.3 is 10.1 Å². The molecule has 1 aliphatic rings. The number of anilines is 1. The van der Waals surface area contributed by atoms with Crippen LogP contribution in [0.15, 0.2) is 78.0 Å². The van der Waals surface area contributed by atoms with Crippen molar-refractivity contribution < 1.29 is 27.5 Å². The van der Waals surface area contributed by atoms with Crippen molar-refractivity contribution >= 4 is 34.6 Å². The van der Waals surface area contributed by atoms with Gasteiger partial charge in [0, 0.05) is 5.56 Å². The van der Waals surface area contributed by atoms with E-state index in [4.69, 9.17) is 0 Å². The molecule has 45 heavy (non-hydrogen) atoms. The lowest BCUT2D eigenvalue weighted by molar-refractivity contribution is -0.274. The summed E-state index contributed by atoms with van der Waals surface area (Å²) in [7, 11) is 0. The summed E-state index contributed by atoms with van der Waals surface area (Å²) in [6, 6.07) is 17.9. The summed E-state index contributed by atoms with van der Waals surface area (Å²) < 4.78 is 42.6. The molecule has 0 aliphatic carbocycles. The summed E-state index contributed by atoms with van der Waals surface area (Å²) in [5, 5.41) is 17.0. The van der Waals surface area contributed by atoms with Crippen LogP contribution in [0, 0.1) is 18.3 Å². The molecule has 10 nitrogen and oxygen atoms in total. The predicted octanol–water partition coefficient (Wildman–Crippen LogP) is 6.68. The lowest BCUT2D eigenvalue weighted by Crippen LogP contribution is -2.33. The monoisotopic (exact) mass is 633 g/mol. The van der Waals surface area contributed by atoms with E-state index in [1.165, 1.54) is 40.2 Å². The number of nitrogens with one attached hydrogen (secondary N) is 1. The second-order valence-corrected chi connectivity index (χ2v) is 11.3. The number of carbonyl (C=O) groups excluding carboxylic acids is 2. The van der Waals surface area contributed by atoms with Gasteiger partial charge in [-0.05, 0) is 59.9 Å². The maximum absolute atomic E-state index is 12.9. The summed E-state index contributed by atoms with van der Waals surface area (Å²) in [6.45, 7) is 5.97. The molecule has 1 saturated heterocycles. The number of carbonyl (C=O) groups is 2. The number of halogens is 3. The number of benzene rings is 3. The fourth-order valence-electron chi connectivity index (χ4n) is 4.59. The number of amides is 3. The van der Waals surface area contributed by atoms with Crippen LogP contribution in [0.25, 0.3) is 17.1 Å². The van der Waals surface area contributed by atoms with E-state index in [-0.39, 0.29) is 28.5 Å². The van der Waals surface area contributed by atoms with Gasteiger partial charge in [0.1, 0.15) is 18.1 Å². The van der Waals surface area contributed by atoms with Crippen LogP contribution in [0.1, 0.15) is 42.5 Å². The quantitative estimate of drug-likeness (QED) is 0.241. The van der Waals surface area contributed by atoms with E-state index in [0.717, 1.165) is 22.9 Å². The average molecular weight is 634 g/mol. The van der Waals surface area contributed by atoms with Gasteiger partial charge >= 0.3 is 12.4 Å². The smallest absolute Gasteiger partial charge is 0.406 e. The molecule has 1 aromatic heterocycles. The SMILES string of the molecule is Cc1ccc(C(C)C)c(N2C(=O)CS/C2=N\C(=O)NC(C#N)c2ccc(-c3ncn(-c4ccc(OC(F)(F)F)cc4)n3)cc2)c1. The highest BCUT2D eigenvalue weighted by molar-refractivity contribution is 8.15. The molecular formula is C31H26F3N7O3S. The van der Waals surface area contributed by atoms with Crippen molar-refractivity contribution in [3.63, 3.8) is 0 Å². The minimum absolute atomic E-state index is 0.136. The van der Waals surface area contributed by atoms with Crippen molar-refractivity contribution in [2.75, 3.05) is 10.7 Å². The number of ether oxygens (including phenoxy) is 1. The Hall–Kier alpha value is -5.16. The number of hydrogen-bond acceptors (Lipinski definition) is 7. The van der Waals surface area contributed by atoms with E-state index < -0.39 is 18.4 Å². The molecule has 1 aliphatic heterocycles. The maximum atomic E-state index is 12.9. The van der Waals surface area contributed by atoms with Crippen molar-refractivity contribution in [1.29, 1.82) is 5.26 Å². The molecule has 1 N–H and O–H groups in total. The Morgan fingerprint density at radius 1 is 1.11 bits per heavy atom. The maximum Gasteiger partial charge on any atom is 0.573 e. The Balaban J connectivity index is 1.28. The molecule has 0 spiro atoms. The van der Waals surface area contributed by atoms with Crippen LogP contribution >= 0.6 is 11.8 Å². The van der Waals surface area contributed by atoms with Gasteiger partial charge in [0.15, 0.2) is 11.0 Å². The number of hydrogen-bond donors (Lipinski definition) is 1. The minimum Gasteiger partial charge on any atom is -0.406 e. The molecule has 5 rings (SSSR count). The lowest BCUT2D eigenvalue weighted by Gasteiger charge is -2.22. The van der Waals surface area contributed by atoms with Gasteiger partial charge in [0.05, 0.1) is 23.2 Å². The summed E-state index contributed by atoms with van der Waals surface area (Å²) in [5.74, 6) is 0.0721. The second-order valence-electron chi connectivity index (χ2n) is 10.3. The van der Waals surface area contributed by atoms with Crippen LogP contribution in [-0.2, 0) is 4.79 Å². The molecule has 4 aromatic rings. The van der Waals surface area contributed by atoms with Crippen LogP contribution in [0.4, 0.5) is 23.7 Å². The first-order valence-corrected chi connectivity index (χ1v) is 14.6. The Morgan fingerprint density at radius 3 is 2.47 bits per heavy atom. The lowest BCUT2D eigenvalue weighted by atomic mass is 9.99. The third-order valence-corrected chi connectivity index (χ3v) is 7.66. The molecule has 1 atom stereocenters. The number of nitrogens with zero attached hydrogens (tertiary/aromatic N) is 6. The Morgan fingerprint density at radius 2 is 1.82 bits per heavy atom. The third-order valence-electron chi connectivity index (χ3n) is 6.74. The molecule has 2 heterocycles. The minimum atomic E-state index is -4.79. The summed E-state index contributed by atoms with van der Waals surface area (Å²) >= 11 is 1.16. The van der Waals surface area contributed by atoms with Gasteiger partial charge in [0.2, 0.25) is 5.91 Å². The number of rotatable bonds is 7. The molecule has 1 fully saturated rings. The largest absolute Gasteiger partial charge is 0.573 e. The molecule has 230 valence electrons. The molecule has 0 radical (unpaired) electrons. The standard InChI is InChI=1S/C31H26F3N7O3S/c1-18(2)24-13-4-19(3)14-26(24)41-27(42)16-45-30(41)38-29(43)37-25(15-35)20-5-7-21(8-6-20)28-36-17-40(39-28)22-9-11-23(12-10-22)44-31(32,33)34/h4-14,17-18,25H,16H2,1-3H3,(H,37,43)/b38-30-. The topological polar surface area (TPSA) is 126 Å². The van der Waals surface area contributed by atoms with Crippen LogP contribution in [0.5, 0.6) is 5.75 Å². The number of urea groups is 1. The average Bonchev–Trinajstić information content (AvgIpc) is 3.62. The fourth-order valence-corrected chi connectivity index (χ4v) is 5.45. The number of amidine groups is 1. The van der Waals surface area contributed by atoms with Gasteiger partial charge in [0.25, 0.3) is 0 Å². The van der Waals surface area contributed by atoms with Gasteiger partial charge in [-0.25, -0.2) is 14.5 Å². The normalized spacial score (nSPS) is 14.9. The first kappa shape index (κ1) is 31.3. The Bertz CT molecular complexity index is 1800. The summed E-state index contributed by atoms with van der Waals surface area (Å²) in [6.07, 6.45) is -3.37. The van der Waals surface area contributed by atoms with Crippen molar-refractivity contribution in [2.45, 2.75) is 39.1 Å². The van der Waals surface area contributed by atoms with Gasteiger partial charge in [-0.2, -0.15) is 10.3 Å². The van der Waals surface area contributed by atoms with Crippen molar-refractivity contribution in [3.8, 4) is 28.9 Å². The zero-order valence-corrected chi connectivity index (χ0v) is 25.1. The Labute approximate surface area is 260 Å². The highest BCUT2D eigenvalue weighted by Gasteiger charge is 2.33. The van der Waals surface area contributed by atoms with Crippen molar-refractivity contribution in [2.24, 2.45) is 4.99 Å². The zero-order valence-electron chi connectivity index (χ0n) is 24.2. The van der Waals surface area contributed by atoms with E-state index in [9.17, 15) is 28.0 Å². The van der Waals surface area contributed by atoms with Crippen LogP contribution in [-0.4, -0.2) is 44.0 Å². The van der Waals surface area contributed by atoms with Crippen molar-refractivity contribution in [1.82, 2.24) is 20.1 Å². The van der Waals surface area contributed by atoms with E-state index in [1.807, 2.05) is 39.0 Å². The number of aliphatic imine (C=N–C) groups is 1. The first-order chi connectivity index (χ1) is 21.4. The van der Waals surface area contributed by atoms with E-state index in [2.05, 4.69) is 31.2 Å². The van der Waals surface area contributed by atoms with Crippen molar-refractivity contribution in [3.05, 3.63) is 89.7 Å². The summed E-state index contributed by atoms with van der Waals surface area (Å²) in [4.78, 5) is 35.6. The first-order valence-electron chi connectivity index (χ1n) is 13.6. The molecule has 3 amide bonds. The molecule has 0 bridgehead atoms. The Kier molecular flexibility index (Phi) is 8.92. The van der Waals surface area contributed by atoms with E-state index in [1.54, 1.807) is 24.3 Å². The van der Waals surface area contributed by atoms with Gasteiger partial charge in [-0.3, -0.25) is 9.69 Å². The van der Waals surface area contributed by atoms with Gasteiger partial charge in [-0.1, -0.05) is 62.0 Å². The van der Waals surface area contributed by atoms with E-state index in [0.29, 0.717) is 28.3 Å². The molecule has 3 aromatic carbocycles. The molecule has 1 unspecified atom stereocenters. The van der Waals surface area contributed by atoms with Crippen LogP contribution < -0.4 is 15.0 Å². The second kappa shape index (κ2) is 12.8.